The fraction of sp³-hybridized carbons (Fsp3) is 0.200. The Hall–Kier alpha value is -2.31. The van der Waals surface area contributed by atoms with Crippen molar-refractivity contribution in [3.8, 4) is 23.0 Å². The molecule has 0 fully saturated rings. The van der Waals surface area contributed by atoms with Gasteiger partial charge in [-0.2, -0.15) is 0 Å². The molecule has 6 heteroatoms. The number of benzene rings is 2. The van der Waals surface area contributed by atoms with Gasteiger partial charge in [0.05, 0.1) is 6.54 Å². The minimum atomic E-state index is -0.316. The summed E-state index contributed by atoms with van der Waals surface area (Å²) in [7, 11) is 0. The summed E-state index contributed by atoms with van der Waals surface area (Å²) in [6, 6.07) is 10.9. The summed E-state index contributed by atoms with van der Waals surface area (Å²) in [5, 5.41) is 8.70. The van der Waals surface area contributed by atoms with E-state index in [1.165, 1.54) is 12.1 Å². The Morgan fingerprint density at radius 1 is 1.14 bits per heavy atom. The first-order valence-electron chi connectivity index (χ1n) is 6.48. The summed E-state index contributed by atoms with van der Waals surface area (Å²) in [5.41, 5.74) is 2.06. The molecule has 0 amide bonds. The first-order chi connectivity index (χ1) is 10.2. The Kier molecular flexibility index (Phi) is 3.89. The van der Waals surface area contributed by atoms with Crippen molar-refractivity contribution in [2.75, 3.05) is 13.2 Å². The zero-order chi connectivity index (χ0) is 14.7. The predicted molar refractivity (Wildman–Crippen MR) is 72.6 cm³/mol. The molecule has 0 radical (unpaired) electrons. The second-order valence-corrected chi connectivity index (χ2v) is 4.58. The molecule has 1 aliphatic rings. The minimum Gasteiger partial charge on any atom is -0.486 e. The Labute approximate surface area is 120 Å². The quantitative estimate of drug-likeness (QED) is 0.848. The molecule has 0 saturated heterocycles. The van der Waals surface area contributed by atoms with Crippen molar-refractivity contribution >= 4 is 0 Å². The molecule has 0 bridgehead atoms. The van der Waals surface area contributed by atoms with Crippen LogP contribution in [0.4, 0.5) is 4.39 Å². The topological polar surface area (TPSA) is 60.0 Å². The lowest BCUT2D eigenvalue weighted by Crippen LogP contribution is -2.37. The fourth-order valence-electron chi connectivity index (χ4n) is 2.00. The van der Waals surface area contributed by atoms with E-state index in [0.717, 1.165) is 0 Å². The molecule has 2 N–H and O–H groups in total. The highest BCUT2D eigenvalue weighted by atomic mass is 19.1. The van der Waals surface area contributed by atoms with E-state index in [2.05, 4.69) is 5.48 Å². The highest BCUT2D eigenvalue weighted by molar-refractivity contribution is 5.47. The third-order valence-electron chi connectivity index (χ3n) is 3.00. The minimum absolute atomic E-state index is 0.266. The van der Waals surface area contributed by atoms with Crippen LogP contribution in [0.25, 0.3) is 0 Å². The number of fused-ring (bicyclic) bond motifs is 1. The summed E-state index contributed by atoms with van der Waals surface area (Å²) in [6.45, 7) is 0.626. The Morgan fingerprint density at radius 2 is 1.90 bits per heavy atom. The average molecular weight is 291 g/mol. The van der Waals surface area contributed by atoms with Crippen molar-refractivity contribution in [3.63, 3.8) is 0 Å². The van der Waals surface area contributed by atoms with Crippen molar-refractivity contribution < 1.29 is 23.8 Å². The zero-order valence-corrected chi connectivity index (χ0v) is 11.1. The lowest BCUT2D eigenvalue weighted by atomic mass is 10.2. The molecule has 21 heavy (non-hydrogen) atoms. The van der Waals surface area contributed by atoms with E-state index >= 15 is 0 Å². The molecular weight excluding hydrogens is 277 g/mol. The van der Waals surface area contributed by atoms with Gasteiger partial charge in [0.2, 0.25) is 0 Å². The molecular formula is C15H14FNO4. The van der Waals surface area contributed by atoms with Crippen LogP contribution in [0.15, 0.2) is 42.5 Å². The van der Waals surface area contributed by atoms with Crippen LogP contribution in [-0.4, -0.2) is 24.5 Å². The Balaban J connectivity index is 1.76. The normalized spacial score (nSPS) is 16.6. The van der Waals surface area contributed by atoms with Gasteiger partial charge in [-0.25, -0.2) is 9.87 Å². The van der Waals surface area contributed by atoms with E-state index in [-0.39, 0.29) is 18.5 Å². The van der Waals surface area contributed by atoms with Crippen molar-refractivity contribution in [3.05, 3.63) is 48.3 Å². The number of hydroxylamine groups is 1. The van der Waals surface area contributed by atoms with E-state index in [9.17, 15) is 4.39 Å². The summed E-state index contributed by atoms with van der Waals surface area (Å²) in [4.78, 5) is 0. The van der Waals surface area contributed by atoms with E-state index in [0.29, 0.717) is 29.6 Å². The highest BCUT2D eigenvalue weighted by Crippen LogP contribution is 2.36. The largest absolute Gasteiger partial charge is 0.486 e. The highest BCUT2D eigenvalue weighted by Gasteiger charge is 2.21. The number of rotatable bonds is 4. The molecule has 1 heterocycles. The van der Waals surface area contributed by atoms with Crippen LogP contribution >= 0.6 is 0 Å². The van der Waals surface area contributed by atoms with Crippen LogP contribution < -0.4 is 19.7 Å². The van der Waals surface area contributed by atoms with Gasteiger partial charge in [0, 0.05) is 6.07 Å². The van der Waals surface area contributed by atoms with Crippen LogP contribution in [-0.2, 0) is 0 Å². The lowest BCUT2D eigenvalue weighted by molar-refractivity contribution is 0.0525. The van der Waals surface area contributed by atoms with Gasteiger partial charge >= 0.3 is 0 Å². The molecule has 1 aliphatic heterocycles. The fourth-order valence-corrected chi connectivity index (χ4v) is 2.00. The average Bonchev–Trinajstić information content (AvgIpc) is 2.50. The third kappa shape index (κ3) is 3.24. The van der Waals surface area contributed by atoms with Gasteiger partial charge in [0.1, 0.15) is 30.0 Å². The van der Waals surface area contributed by atoms with Gasteiger partial charge in [-0.1, -0.05) is 0 Å². The van der Waals surface area contributed by atoms with Crippen molar-refractivity contribution in [1.82, 2.24) is 5.48 Å². The van der Waals surface area contributed by atoms with Gasteiger partial charge in [0.25, 0.3) is 0 Å². The van der Waals surface area contributed by atoms with Crippen LogP contribution in [0.1, 0.15) is 0 Å². The number of nitrogens with one attached hydrogen (secondary N) is 1. The van der Waals surface area contributed by atoms with E-state index in [1.807, 2.05) is 0 Å². The second-order valence-electron chi connectivity index (χ2n) is 4.58. The molecule has 1 atom stereocenters. The van der Waals surface area contributed by atoms with E-state index in [1.54, 1.807) is 30.3 Å². The van der Waals surface area contributed by atoms with Crippen LogP contribution in [0.2, 0.25) is 0 Å². The van der Waals surface area contributed by atoms with Gasteiger partial charge in [0.15, 0.2) is 11.5 Å². The molecule has 0 aliphatic carbocycles. The van der Waals surface area contributed by atoms with Gasteiger partial charge in [-0.05, 0) is 36.4 Å². The second kappa shape index (κ2) is 5.99. The first-order valence-corrected chi connectivity index (χ1v) is 6.48. The third-order valence-corrected chi connectivity index (χ3v) is 3.00. The molecule has 110 valence electrons. The Bertz CT molecular complexity index is 618. The lowest BCUT2D eigenvalue weighted by Gasteiger charge is -2.26. The molecule has 0 spiro atoms. The number of ether oxygens (including phenoxy) is 3. The maximum Gasteiger partial charge on any atom is 0.165 e. The number of hydrogen-bond acceptors (Lipinski definition) is 5. The maximum absolute atomic E-state index is 12.8. The van der Waals surface area contributed by atoms with Gasteiger partial charge in [-0.3, -0.25) is 0 Å². The van der Waals surface area contributed by atoms with Crippen LogP contribution in [0.3, 0.4) is 0 Å². The van der Waals surface area contributed by atoms with Gasteiger partial charge < -0.3 is 19.4 Å². The predicted octanol–water partition coefficient (Wildman–Crippen LogP) is 2.74. The molecule has 3 rings (SSSR count). The number of hydrogen-bond donors (Lipinski definition) is 2. The monoisotopic (exact) mass is 291 g/mol. The van der Waals surface area contributed by atoms with E-state index in [4.69, 9.17) is 19.4 Å². The Morgan fingerprint density at radius 3 is 2.67 bits per heavy atom. The molecule has 2 aromatic carbocycles. The van der Waals surface area contributed by atoms with Crippen molar-refractivity contribution in [1.29, 1.82) is 0 Å². The van der Waals surface area contributed by atoms with E-state index < -0.39 is 0 Å². The standard InChI is InChI=1S/C15H14FNO4/c16-10-1-3-11(4-2-10)20-12-5-6-14-15(7-12)21-13(8-17-18)9-19-14/h1-7,13,17-18H,8-9H2/t13-/m0/s1. The summed E-state index contributed by atoms with van der Waals surface area (Å²) >= 11 is 0. The molecule has 0 unspecified atom stereocenters. The smallest absolute Gasteiger partial charge is 0.165 e. The summed E-state index contributed by atoms with van der Waals surface area (Å²) < 4.78 is 29.7. The van der Waals surface area contributed by atoms with Crippen molar-refractivity contribution in [2.24, 2.45) is 0 Å². The SMILES string of the molecule is ONC[C@H]1COc2ccc(Oc3ccc(F)cc3)cc2O1. The molecule has 5 nitrogen and oxygen atoms in total. The van der Waals surface area contributed by atoms with Crippen LogP contribution in [0.5, 0.6) is 23.0 Å². The van der Waals surface area contributed by atoms with Crippen LogP contribution in [0, 0.1) is 5.82 Å². The first kappa shape index (κ1) is 13.7. The maximum atomic E-state index is 12.8. The zero-order valence-electron chi connectivity index (χ0n) is 11.1. The summed E-state index contributed by atoms with van der Waals surface area (Å²) in [5.74, 6) is 1.93. The van der Waals surface area contributed by atoms with Gasteiger partial charge in [-0.15, -0.1) is 0 Å². The molecule has 2 aromatic rings. The number of halogens is 1. The molecule has 0 saturated carbocycles. The van der Waals surface area contributed by atoms with Crippen molar-refractivity contribution in [2.45, 2.75) is 6.10 Å². The summed E-state index contributed by atoms with van der Waals surface area (Å²) in [6.07, 6.45) is -0.274. The molecule has 0 aromatic heterocycles.